The van der Waals surface area contributed by atoms with Crippen LogP contribution in [0.4, 0.5) is 0 Å². The monoisotopic (exact) mass is 386 g/mol. The van der Waals surface area contributed by atoms with Crippen molar-refractivity contribution in [2.45, 2.75) is 38.7 Å². The lowest BCUT2D eigenvalue weighted by Gasteiger charge is -2.31. The summed E-state index contributed by atoms with van der Waals surface area (Å²) in [7, 11) is 0. The van der Waals surface area contributed by atoms with E-state index < -0.39 is 0 Å². The summed E-state index contributed by atoms with van der Waals surface area (Å²) in [6, 6.07) is 9.75. The van der Waals surface area contributed by atoms with E-state index in [4.69, 9.17) is 15.2 Å². The van der Waals surface area contributed by atoms with Crippen molar-refractivity contribution in [1.29, 1.82) is 0 Å². The Hall–Kier alpha value is -2.38. The van der Waals surface area contributed by atoms with Gasteiger partial charge in [-0.15, -0.1) is 0 Å². The molecule has 1 amide bonds. The van der Waals surface area contributed by atoms with E-state index in [1.807, 2.05) is 42.2 Å². The van der Waals surface area contributed by atoms with E-state index in [0.717, 1.165) is 31.4 Å². The molecule has 0 spiro atoms. The zero-order chi connectivity index (χ0) is 19.8. The zero-order valence-corrected chi connectivity index (χ0v) is 16.5. The van der Waals surface area contributed by atoms with Gasteiger partial charge in [-0.1, -0.05) is 25.1 Å². The van der Waals surface area contributed by atoms with Gasteiger partial charge in [-0.3, -0.25) is 4.79 Å². The number of carbonyl (C=O) groups is 1. The highest BCUT2D eigenvalue weighted by molar-refractivity contribution is 5.95. The second kappa shape index (κ2) is 10.2. The smallest absolute Gasteiger partial charge is 0.278 e. The first-order valence-corrected chi connectivity index (χ1v) is 10.1. The molecular formula is C21H30N4O3. The minimum Gasteiger partial charge on any atom is -0.489 e. The first-order chi connectivity index (χ1) is 13.7. The molecule has 0 radical (unpaired) electrons. The van der Waals surface area contributed by atoms with Crippen LogP contribution in [0.1, 0.15) is 43.1 Å². The maximum Gasteiger partial charge on any atom is 0.278 e. The Morgan fingerprint density at radius 3 is 2.64 bits per heavy atom. The Bertz CT molecular complexity index is 739. The number of para-hydroxylation sites is 1. The molecule has 152 valence electrons. The Kier molecular flexibility index (Phi) is 7.45. The molecule has 28 heavy (non-hydrogen) atoms. The predicted molar refractivity (Wildman–Crippen MR) is 108 cm³/mol. The summed E-state index contributed by atoms with van der Waals surface area (Å²) >= 11 is 0. The third-order valence-corrected chi connectivity index (χ3v) is 4.80. The molecule has 1 saturated heterocycles. The molecule has 0 saturated carbocycles. The third-order valence-electron chi connectivity index (χ3n) is 4.80. The van der Waals surface area contributed by atoms with Crippen molar-refractivity contribution in [1.82, 2.24) is 14.7 Å². The van der Waals surface area contributed by atoms with E-state index in [1.54, 1.807) is 10.9 Å². The molecule has 0 bridgehead atoms. The summed E-state index contributed by atoms with van der Waals surface area (Å²) in [5.41, 5.74) is 6.78. The lowest BCUT2D eigenvalue weighted by molar-refractivity contribution is 0.00819. The number of hydrogen-bond acceptors (Lipinski definition) is 5. The second-order valence-electron chi connectivity index (χ2n) is 6.98. The van der Waals surface area contributed by atoms with Gasteiger partial charge in [0.25, 0.3) is 5.91 Å². The fourth-order valence-electron chi connectivity index (χ4n) is 3.25. The fraction of sp³-hybridized carbons (Fsp3) is 0.524. The van der Waals surface area contributed by atoms with Gasteiger partial charge in [-0.2, -0.15) is 5.10 Å². The number of rotatable bonds is 9. The molecule has 2 aromatic rings. The lowest BCUT2D eigenvalue weighted by atomic mass is 10.1. The molecule has 0 aliphatic carbocycles. The maximum atomic E-state index is 13.1. The second-order valence-corrected chi connectivity index (χ2v) is 6.98. The summed E-state index contributed by atoms with van der Waals surface area (Å²) in [5, 5.41) is 4.54. The Labute approximate surface area is 166 Å². The average molecular weight is 386 g/mol. The van der Waals surface area contributed by atoms with Crippen molar-refractivity contribution in [2.75, 3.05) is 32.8 Å². The molecule has 1 aromatic carbocycles. The van der Waals surface area contributed by atoms with Gasteiger partial charge in [-0.25, -0.2) is 4.68 Å². The number of nitrogens with zero attached hydrogens (tertiary/aromatic N) is 3. The molecule has 7 heteroatoms. The van der Waals surface area contributed by atoms with Gasteiger partial charge in [-0.05, 0) is 44.4 Å². The van der Waals surface area contributed by atoms with Crippen molar-refractivity contribution in [3.05, 3.63) is 42.2 Å². The van der Waals surface area contributed by atoms with Crippen molar-refractivity contribution in [2.24, 2.45) is 5.73 Å². The predicted octanol–water partition coefficient (Wildman–Crippen LogP) is 2.63. The van der Waals surface area contributed by atoms with Crippen LogP contribution in [0.5, 0.6) is 5.75 Å². The highest BCUT2D eigenvalue weighted by atomic mass is 16.5. The molecular weight excluding hydrogens is 356 g/mol. The first kappa shape index (κ1) is 20.4. The molecule has 2 heterocycles. The molecule has 1 aliphatic rings. The Morgan fingerprint density at radius 1 is 1.21 bits per heavy atom. The number of nitrogens with two attached hydrogens (primary N) is 1. The van der Waals surface area contributed by atoms with Crippen LogP contribution in [0.25, 0.3) is 5.69 Å². The van der Waals surface area contributed by atoms with E-state index in [9.17, 15) is 4.79 Å². The van der Waals surface area contributed by atoms with Gasteiger partial charge in [0, 0.05) is 19.7 Å². The summed E-state index contributed by atoms with van der Waals surface area (Å²) in [6.45, 7) is 5.25. The molecule has 2 N–H and O–H groups in total. The van der Waals surface area contributed by atoms with Gasteiger partial charge in [0.05, 0.1) is 24.6 Å². The molecule has 0 unspecified atom stereocenters. The van der Waals surface area contributed by atoms with Crippen molar-refractivity contribution < 1.29 is 14.3 Å². The molecule has 7 nitrogen and oxygen atoms in total. The van der Waals surface area contributed by atoms with Gasteiger partial charge >= 0.3 is 0 Å². The summed E-state index contributed by atoms with van der Waals surface area (Å²) < 4.78 is 13.4. The average Bonchev–Trinajstić information content (AvgIpc) is 3.17. The van der Waals surface area contributed by atoms with E-state index in [1.165, 1.54) is 0 Å². The highest BCUT2D eigenvalue weighted by Gasteiger charge is 2.28. The van der Waals surface area contributed by atoms with E-state index in [2.05, 4.69) is 5.10 Å². The molecule has 1 fully saturated rings. The van der Waals surface area contributed by atoms with Gasteiger partial charge in [0.15, 0.2) is 11.4 Å². The minimum atomic E-state index is -0.0822. The van der Waals surface area contributed by atoms with Gasteiger partial charge in [0.1, 0.15) is 0 Å². The number of carbonyl (C=O) groups excluding carboxylic acids is 1. The number of aromatic nitrogens is 2. The topological polar surface area (TPSA) is 82.6 Å². The standard InChI is InChI=1S/C21H30N4O3/c1-2-14-28-19-16-25(17-7-4-3-5-8-17)23-20(19)21(26)24-12-9-18(10-13-24)27-15-6-11-22/h3-5,7-8,16,18H,2,6,9-15,22H2,1H3. The molecule has 1 aliphatic heterocycles. The van der Waals surface area contributed by atoms with Crippen molar-refractivity contribution >= 4 is 5.91 Å². The van der Waals surface area contributed by atoms with Crippen LogP contribution in [0.15, 0.2) is 36.5 Å². The first-order valence-electron chi connectivity index (χ1n) is 10.1. The van der Waals surface area contributed by atoms with Crippen LogP contribution in [0.3, 0.4) is 0 Å². The maximum absolute atomic E-state index is 13.1. The van der Waals surface area contributed by atoms with Crippen LogP contribution < -0.4 is 10.5 Å². The number of ether oxygens (including phenoxy) is 2. The number of piperidine rings is 1. The molecule has 1 aromatic heterocycles. The Morgan fingerprint density at radius 2 is 1.96 bits per heavy atom. The molecule has 3 rings (SSSR count). The zero-order valence-electron chi connectivity index (χ0n) is 16.5. The lowest BCUT2D eigenvalue weighted by Crippen LogP contribution is -2.41. The van der Waals surface area contributed by atoms with E-state index in [0.29, 0.717) is 44.3 Å². The van der Waals surface area contributed by atoms with E-state index in [-0.39, 0.29) is 12.0 Å². The molecule has 0 atom stereocenters. The third kappa shape index (κ3) is 5.11. The minimum absolute atomic E-state index is 0.0822. The SMILES string of the molecule is CCCOc1cn(-c2ccccc2)nc1C(=O)N1CCC(OCCCN)CC1. The largest absolute Gasteiger partial charge is 0.489 e. The normalized spacial score (nSPS) is 15.0. The van der Waals surface area contributed by atoms with Crippen molar-refractivity contribution in [3.63, 3.8) is 0 Å². The van der Waals surface area contributed by atoms with Crippen LogP contribution in [-0.2, 0) is 4.74 Å². The highest BCUT2D eigenvalue weighted by Crippen LogP contribution is 2.24. The van der Waals surface area contributed by atoms with Crippen LogP contribution in [0.2, 0.25) is 0 Å². The van der Waals surface area contributed by atoms with Crippen molar-refractivity contribution in [3.8, 4) is 11.4 Å². The summed E-state index contributed by atoms with van der Waals surface area (Å²) in [4.78, 5) is 15.0. The quantitative estimate of drug-likeness (QED) is 0.670. The van der Waals surface area contributed by atoms with Gasteiger partial charge < -0.3 is 20.1 Å². The summed E-state index contributed by atoms with van der Waals surface area (Å²) in [6.07, 6.45) is 5.40. The Balaban J connectivity index is 1.69. The van der Waals surface area contributed by atoms with E-state index >= 15 is 0 Å². The van der Waals surface area contributed by atoms with Crippen LogP contribution in [-0.4, -0.2) is 59.5 Å². The van der Waals surface area contributed by atoms with Crippen LogP contribution in [0, 0.1) is 0 Å². The number of amides is 1. The fourth-order valence-corrected chi connectivity index (χ4v) is 3.25. The number of hydrogen-bond donors (Lipinski definition) is 1. The number of benzene rings is 1. The number of likely N-dealkylation sites (tertiary alicyclic amines) is 1. The van der Waals surface area contributed by atoms with Crippen LogP contribution >= 0.6 is 0 Å². The summed E-state index contributed by atoms with van der Waals surface area (Å²) in [5.74, 6) is 0.457. The van der Waals surface area contributed by atoms with Gasteiger partial charge in [0.2, 0.25) is 0 Å².